The molecule has 0 saturated carbocycles. The fraction of sp³-hybridized carbons (Fsp3) is 0.0625. The number of phenols is 2. The molecule has 0 atom stereocenters. The molecule has 1 heterocycles. The van der Waals surface area contributed by atoms with Crippen LogP contribution in [0, 0.1) is 0 Å². The Morgan fingerprint density at radius 1 is 1.10 bits per heavy atom. The van der Waals surface area contributed by atoms with Gasteiger partial charge in [-0.1, -0.05) is 30.3 Å². The molecule has 0 spiro atoms. The predicted octanol–water partition coefficient (Wildman–Crippen LogP) is 2.88. The first-order valence-corrected chi connectivity index (χ1v) is 6.24. The number of ether oxygens (including phenoxy) is 1. The Kier molecular flexibility index (Phi) is 3.02. The number of hydrogen-bond donors (Lipinski definition) is 2. The molecule has 0 fully saturated rings. The van der Waals surface area contributed by atoms with E-state index >= 15 is 0 Å². The minimum Gasteiger partial charge on any atom is -0.507 e. The summed E-state index contributed by atoms with van der Waals surface area (Å²) in [4.78, 5) is 12.2. The van der Waals surface area contributed by atoms with E-state index in [1.54, 1.807) is 12.1 Å². The van der Waals surface area contributed by atoms with Crippen LogP contribution in [0.25, 0.3) is 22.3 Å². The van der Waals surface area contributed by atoms with E-state index in [2.05, 4.69) is 0 Å². The molecule has 2 aromatic carbocycles. The third-order valence-corrected chi connectivity index (χ3v) is 3.20. The molecule has 0 aliphatic rings. The number of benzene rings is 2. The van der Waals surface area contributed by atoms with Crippen molar-refractivity contribution in [2.75, 3.05) is 7.11 Å². The van der Waals surface area contributed by atoms with Crippen LogP contribution in [0.15, 0.2) is 51.7 Å². The largest absolute Gasteiger partial charge is 0.507 e. The van der Waals surface area contributed by atoms with Gasteiger partial charge in [-0.25, -0.2) is 0 Å². The van der Waals surface area contributed by atoms with Gasteiger partial charge in [0.25, 0.3) is 0 Å². The van der Waals surface area contributed by atoms with Gasteiger partial charge in [-0.15, -0.1) is 0 Å². The summed E-state index contributed by atoms with van der Waals surface area (Å²) < 4.78 is 10.5. The molecule has 0 aliphatic heterocycles. The first kappa shape index (κ1) is 13.1. The molecule has 0 bridgehead atoms. The number of aromatic hydroxyl groups is 2. The summed E-state index contributed by atoms with van der Waals surface area (Å²) in [6.45, 7) is 0. The van der Waals surface area contributed by atoms with Gasteiger partial charge in [0.2, 0.25) is 5.75 Å². The molecule has 5 nitrogen and oxygen atoms in total. The first-order valence-electron chi connectivity index (χ1n) is 6.24. The maximum atomic E-state index is 12.2. The zero-order valence-electron chi connectivity index (χ0n) is 11.2. The molecule has 21 heavy (non-hydrogen) atoms. The van der Waals surface area contributed by atoms with E-state index in [1.165, 1.54) is 19.2 Å². The molecule has 0 unspecified atom stereocenters. The summed E-state index contributed by atoms with van der Waals surface area (Å²) >= 11 is 0. The third kappa shape index (κ3) is 2.08. The highest BCUT2D eigenvalue weighted by atomic mass is 16.5. The van der Waals surface area contributed by atoms with E-state index < -0.39 is 5.43 Å². The highest BCUT2D eigenvalue weighted by Gasteiger charge is 2.18. The third-order valence-electron chi connectivity index (χ3n) is 3.20. The number of rotatable bonds is 2. The molecule has 0 saturated heterocycles. The molecule has 1 aromatic heterocycles. The van der Waals surface area contributed by atoms with Gasteiger partial charge < -0.3 is 19.4 Å². The van der Waals surface area contributed by atoms with E-state index in [0.29, 0.717) is 11.3 Å². The van der Waals surface area contributed by atoms with Crippen molar-refractivity contribution in [1.82, 2.24) is 0 Å². The van der Waals surface area contributed by atoms with Crippen LogP contribution < -0.4 is 10.2 Å². The van der Waals surface area contributed by atoms with Gasteiger partial charge in [0, 0.05) is 17.7 Å². The van der Waals surface area contributed by atoms with Crippen molar-refractivity contribution in [2.24, 2.45) is 0 Å². The van der Waals surface area contributed by atoms with E-state index in [9.17, 15) is 15.0 Å². The second-order valence-corrected chi connectivity index (χ2v) is 4.49. The van der Waals surface area contributed by atoms with Crippen LogP contribution in [-0.2, 0) is 0 Å². The van der Waals surface area contributed by atoms with E-state index in [4.69, 9.17) is 9.15 Å². The number of methoxy groups -OCH3 is 1. The Bertz CT molecular complexity index is 865. The van der Waals surface area contributed by atoms with Gasteiger partial charge in [-0.2, -0.15) is 0 Å². The molecule has 0 amide bonds. The Balaban J connectivity index is 2.38. The fourth-order valence-corrected chi connectivity index (χ4v) is 2.18. The van der Waals surface area contributed by atoms with Crippen molar-refractivity contribution in [1.29, 1.82) is 0 Å². The summed E-state index contributed by atoms with van der Waals surface area (Å²) in [5.74, 6) is -0.280. The zero-order chi connectivity index (χ0) is 15.0. The van der Waals surface area contributed by atoms with Crippen LogP contribution in [0.2, 0.25) is 0 Å². The standard InChI is InChI=1S/C16H12O5/c1-20-13-8-11(18)14-10(17)7-12(21-16(14)15(13)19)9-5-3-2-4-6-9/h2-8,18-19H,1H3. The maximum absolute atomic E-state index is 12.2. The van der Waals surface area contributed by atoms with Gasteiger partial charge in [0.05, 0.1) is 7.11 Å². The van der Waals surface area contributed by atoms with Crippen molar-refractivity contribution in [3.63, 3.8) is 0 Å². The number of hydrogen-bond acceptors (Lipinski definition) is 5. The van der Waals surface area contributed by atoms with E-state index in [0.717, 1.165) is 0 Å². The fourth-order valence-electron chi connectivity index (χ4n) is 2.18. The summed E-state index contributed by atoms with van der Waals surface area (Å²) in [7, 11) is 1.35. The van der Waals surface area contributed by atoms with E-state index in [-0.39, 0.29) is 28.2 Å². The SMILES string of the molecule is COc1cc(O)c2c(=O)cc(-c3ccccc3)oc2c1O. The molecule has 5 heteroatoms. The van der Waals surface area contributed by atoms with Gasteiger partial charge in [-0.05, 0) is 0 Å². The Morgan fingerprint density at radius 3 is 2.48 bits per heavy atom. The summed E-state index contributed by atoms with van der Waals surface area (Å²) in [5.41, 5.74) is 0.155. The second-order valence-electron chi connectivity index (χ2n) is 4.49. The zero-order valence-corrected chi connectivity index (χ0v) is 11.2. The topological polar surface area (TPSA) is 79.9 Å². The summed E-state index contributed by atoms with van der Waals surface area (Å²) in [6, 6.07) is 11.5. The number of fused-ring (bicyclic) bond motifs is 1. The van der Waals surface area contributed by atoms with Gasteiger partial charge >= 0.3 is 0 Å². The smallest absolute Gasteiger partial charge is 0.202 e. The Morgan fingerprint density at radius 2 is 1.81 bits per heavy atom. The van der Waals surface area contributed by atoms with Gasteiger partial charge in [0.15, 0.2) is 16.8 Å². The van der Waals surface area contributed by atoms with Crippen LogP contribution in [-0.4, -0.2) is 17.3 Å². The predicted molar refractivity (Wildman–Crippen MR) is 77.8 cm³/mol. The molecule has 2 N–H and O–H groups in total. The Hall–Kier alpha value is -2.95. The molecular weight excluding hydrogens is 272 g/mol. The van der Waals surface area contributed by atoms with Crippen molar-refractivity contribution < 1.29 is 19.4 Å². The van der Waals surface area contributed by atoms with Crippen molar-refractivity contribution in [2.45, 2.75) is 0 Å². The van der Waals surface area contributed by atoms with Crippen LogP contribution in [0.3, 0.4) is 0 Å². The summed E-state index contributed by atoms with van der Waals surface area (Å²) in [6.07, 6.45) is 0. The van der Waals surface area contributed by atoms with Crippen LogP contribution >= 0.6 is 0 Å². The minimum atomic E-state index is -0.439. The second kappa shape index (κ2) is 4.86. The minimum absolute atomic E-state index is 0.0355. The van der Waals surface area contributed by atoms with Crippen LogP contribution in [0.5, 0.6) is 17.2 Å². The average molecular weight is 284 g/mol. The summed E-state index contributed by atoms with van der Waals surface area (Å²) in [5, 5.41) is 19.9. The van der Waals surface area contributed by atoms with Gasteiger partial charge in [-0.3, -0.25) is 4.79 Å². The Labute approximate surface area is 119 Å². The van der Waals surface area contributed by atoms with Crippen LogP contribution in [0.1, 0.15) is 0 Å². The maximum Gasteiger partial charge on any atom is 0.202 e. The first-order chi connectivity index (χ1) is 10.1. The average Bonchev–Trinajstić information content (AvgIpc) is 2.51. The van der Waals surface area contributed by atoms with Crippen molar-refractivity contribution >= 4 is 11.0 Å². The quantitative estimate of drug-likeness (QED) is 0.707. The lowest BCUT2D eigenvalue weighted by Gasteiger charge is -2.09. The molecule has 106 valence electrons. The van der Waals surface area contributed by atoms with Crippen LogP contribution in [0.4, 0.5) is 0 Å². The lowest BCUT2D eigenvalue weighted by atomic mass is 10.1. The lowest BCUT2D eigenvalue weighted by molar-refractivity contribution is 0.367. The van der Waals surface area contributed by atoms with Gasteiger partial charge in [0.1, 0.15) is 16.9 Å². The normalized spacial score (nSPS) is 10.7. The highest BCUT2D eigenvalue weighted by Crippen LogP contribution is 2.39. The van der Waals surface area contributed by atoms with E-state index in [1.807, 2.05) is 18.2 Å². The molecule has 0 aliphatic carbocycles. The highest BCUT2D eigenvalue weighted by molar-refractivity contribution is 5.91. The lowest BCUT2D eigenvalue weighted by Crippen LogP contribution is -2.01. The molecule has 3 rings (SSSR count). The number of phenolic OH excluding ortho intramolecular Hbond substituents is 2. The van der Waals surface area contributed by atoms with Crippen molar-refractivity contribution in [3.05, 3.63) is 52.7 Å². The molecule has 0 radical (unpaired) electrons. The molecular formula is C16H12O5. The monoisotopic (exact) mass is 284 g/mol. The van der Waals surface area contributed by atoms with Crippen molar-refractivity contribution in [3.8, 4) is 28.6 Å². The molecule has 3 aromatic rings.